The summed E-state index contributed by atoms with van der Waals surface area (Å²) in [4.78, 5) is 12.9. The first kappa shape index (κ1) is 51.4. The first-order valence-corrected chi connectivity index (χ1v) is 24.6. The lowest BCUT2D eigenvalue weighted by atomic mass is 9.46. The van der Waals surface area contributed by atoms with Crippen LogP contribution in [-0.4, -0.2) is 210 Å². The topological polar surface area (TPSA) is 323 Å². The van der Waals surface area contributed by atoms with Crippen molar-refractivity contribution in [2.75, 3.05) is 19.8 Å². The Labute approximate surface area is 395 Å². The summed E-state index contributed by atoms with van der Waals surface area (Å²) in [7, 11) is 0. The third kappa shape index (κ3) is 8.15. The summed E-state index contributed by atoms with van der Waals surface area (Å²) in [5.41, 5.74) is 0.412. The molecule has 0 aromatic carbocycles. The molecular weight excluding hydrogens is 900 g/mol. The highest BCUT2D eigenvalue weighted by molar-refractivity contribution is 5.66. The highest BCUT2D eigenvalue weighted by Gasteiger charge is 2.72. The molecule has 21 nitrogen and oxygen atoms in total. The number of rotatable bonds is 9. The molecule has 1 spiro atoms. The molecule has 388 valence electrons. The normalized spacial score (nSPS) is 56.8. The van der Waals surface area contributed by atoms with Crippen LogP contribution in [0.15, 0.2) is 11.6 Å². The van der Waals surface area contributed by atoms with Crippen molar-refractivity contribution in [2.45, 2.75) is 208 Å². The number of allylic oxidation sites excluding steroid dienone is 1. The van der Waals surface area contributed by atoms with Crippen LogP contribution in [-0.2, 0) is 47.4 Å². The molecule has 0 aromatic rings. The van der Waals surface area contributed by atoms with E-state index in [1.165, 1.54) is 6.92 Å². The zero-order valence-corrected chi connectivity index (χ0v) is 39.5. The molecule has 8 fully saturated rings. The van der Waals surface area contributed by atoms with Gasteiger partial charge in [0, 0.05) is 30.6 Å². The molecule has 0 bridgehead atoms. The molecule has 4 aliphatic carbocycles. The van der Waals surface area contributed by atoms with Gasteiger partial charge in [-0.3, -0.25) is 4.79 Å². The summed E-state index contributed by atoms with van der Waals surface area (Å²) in [6.07, 6.45) is -21.5. The Morgan fingerprint density at radius 1 is 0.735 bits per heavy atom. The molecule has 5 heterocycles. The van der Waals surface area contributed by atoms with E-state index in [1.807, 2.05) is 6.92 Å². The summed E-state index contributed by atoms with van der Waals surface area (Å²) in [6.45, 7) is 10.1. The maximum atomic E-state index is 12.9. The van der Waals surface area contributed by atoms with E-state index in [0.29, 0.717) is 13.0 Å². The van der Waals surface area contributed by atoms with E-state index in [9.17, 15) is 61.0 Å². The average Bonchev–Trinajstić information content (AvgIpc) is 3.76. The lowest BCUT2D eigenvalue weighted by Crippen LogP contribution is -2.66. The van der Waals surface area contributed by atoms with Crippen molar-refractivity contribution in [1.29, 1.82) is 0 Å². The summed E-state index contributed by atoms with van der Waals surface area (Å²) in [5, 5.41) is 118. The minimum absolute atomic E-state index is 0.110. The quantitative estimate of drug-likeness (QED) is 0.0855. The highest BCUT2D eigenvalue weighted by atomic mass is 16.8. The van der Waals surface area contributed by atoms with Crippen LogP contribution < -0.4 is 0 Å². The smallest absolute Gasteiger partial charge is 0.302 e. The number of carbonyl (C=O) groups is 1. The maximum absolute atomic E-state index is 12.9. The Kier molecular flexibility index (Phi) is 14.4. The van der Waals surface area contributed by atoms with Crippen molar-refractivity contribution in [2.24, 2.45) is 46.3 Å². The first-order chi connectivity index (χ1) is 32.1. The zero-order valence-electron chi connectivity index (χ0n) is 39.5. The molecule has 5 aliphatic heterocycles. The third-order valence-corrected chi connectivity index (χ3v) is 18.3. The summed E-state index contributed by atoms with van der Waals surface area (Å²) < 4.78 is 55.0. The molecule has 0 amide bonds. The number of hydrogen-bond acceptors (Lipinski definition) is 21. The number of carbonyl (C=O) groups excluding carboxylic acids is 1. The van der Waals surface area contributed by atoms with E-state index in [2.05, 4.69) is 26.8 Å². The largest absolute Gasteiger partial charge is 0.462 e. The molecular formula is C47H74O21. The molecule has 9 aliphatic rings. The van der Waals surface area contributed by atoms with E-state index < -0.39 is 147 Å². The Morgan fingerprint density at radius 2 is 1.35 bits per heavy atom. The Hall–Kier alpha value is -1.55. The van der Waals surface area contributed by atoms with Crippen molar-refractivity contribution in [3.05, 3.63) is 11.6 Å². The van der Waals surface area contributed by atoms with Gasteiger partial charge in [-0.15, -0.1) is 0 Å². The Balaban J connectivity index is 0.886. The number of aliphatic hydroxyl groups is 11. The number of ether oxygens (including phenoxy) is 9. The van der Waals surface area contributed by atoms with Gasteiger partial charge in [-0.1, -0.05) is 39.3 Å². The van der Waals surface area contributed by atoms with Gasteiger partial charge in [0.05, 0.1) is 44.2 Å². The van der Waals surface area contributed by atoms with Crippen LogP contribution in [0.1, 0.15) is 80.1 Å². The lowest BCUT2D eigenvalue weighted by molar-refractivity contribution is -0.388. The van der Waals surface area contributed by atoms with Gasteiger partial charge in [-0.05, 0) is 68.1 Å². The van der Waals surface area contributed by atoms with Gasteiger partial charge in [0.1, 0.15) is 79.4 Å². The second kappa shape index (κ2) is 19.1. The van der Waals surface area contributed by atoms with Gasteiger partial charge in [-0.2, -0.15) is 0 Å². The van der Waals surface area contributed by atoms with E-state index in [1.54, 1.807) is 6.92 Å². The molecule has 29 atom stereocenters. The number of esters is 1. The Bertz CT molecular complexity index is 1840. The average molecular weight is 975 g/mol. The van der Waals surface area contributed by atoms with E-state index >= 15 is 0 Å². The summed E-state index contributed by atoms with van der Waals surface area (Å²) >= 11 is 0. The molecule has 0 aromatic heterocycles. The van der Waals surface area contributed by atoms with Crippen molar-refractivity contribution in [1.82, 2.24) is 0 Å². The fourth-order valence-electron chi connectivity index (χ4n) is 14.6. The number of fused-ring (bicyclic) bond motifs is 7. The molecule has 68 heavy (non-hydrogen) atoms. The van der Waals surface area contributed by atoms with E-state index in [0.717, 1.165) is 31.3 Å². The number of aliphatic hydroxyl groups excluding tert-OH is 11. The molecule has 9 rings (SSSR count). The van der Waals surface area contributed by atoms with E-state index in [-0.39, 0.29) is 53.4 Å². The van der Waals surface area contributed by atoms with Crippen LogP contribution in [0.2, 0.25) is 0 Å². The second-order valence-corrected chi connectivity index (χ2v) is 21.9. The minimum Gasteiger partial charge on any atom is -0.462 e. The lowest BCUT2D eigenvalue weighted by Gasteiger charge is -2.60. The molecule has 0 unspecified atom stereocenters. The predicted octanol–water partition coefficient (Wildman–Crippen LogP) is -2.30. The maximum Gasteiger partial charge on any atom is 0.302 e. The van der Waals surface area contributed by atoms with Gasteiger partial charge < -0.3 is 98.8 Å². The van der Waals surface area contributed by atoms with Gasteiger partial charge in [0.2, 0.25) is 0 Å². The van der Waals surface area contributed by atoms with Crippen LogP contribution >= 0.6 is 0 Å². The standard InChI is InChI=1S/C47H74O21/c1-17-16-60-47(41(59)31(17)51)18(2)30-26(68-47)13-25-23-8-7-21-11-22(12-29(62-20(4)50)46(21,6)24(23)9-10-45(25,30)5)63-42-38(58)36(56)39(19(3)61-42)66-44-40(35(55)33(53)28(15-49)65-44)67-43-37(57)34(54)32(52)27(14-48)64-43/h7,17-19,22-44,48-49,51-59H,8-16H2,1-6H3/t17-,18+,19-,22-,23-,24+,25-,26+,27+,28-,29-,30+,31-,32+,33-,34-,35-,36-,37+,38-,39+,40-,41+,42+,43+,44+,45+,46+,47+/m1/s1. The van der Waals surface area contributed by atoms with Crippen LogP contribution in [0.4, 0.5) is 0 Å². The van der Waals surface area contributed by atoms with E-state index in [4.69, 9.17) is 42.6 Å². The predicted molar refractivity (Wildman–Crippen MR) is 228 cm³/mol. The molecule has 21 heteroatoms. The Morgan fingerprint density at radius 3 is 2.03 bits per heavy atom. The van der Waals surface area contributed by atoms with Gasteiger partial charge in [-0.25, -0.2) is 0 Å². The van der Waals surface area contributed by atoms with Crippen molar-refractivity contribution >= 4 is 5.97 Å². The molecule has 11 N–H and O–H groups in total. The SMILES string of the molecule is CC(=O)O[C@@H]1C[C@H](O[C@@H]2O[C@H](C)[C@H](O[C@@H]3O[C@H](CO)[C@@H](O)[C@@H](O)[C@H]3O[C@@H]3O[C@@H](CO)[C@H](O)[C@@H](O)[C@@H]3O)[C@H](O)[C@H]2O)CC2=CC[C@H]3[C@H]4C[C@@H]5O[C@@]6(OC[C@@H](C)[C@@H](O)[C@@H]6O)[C@@H](C)[C@@H]5[C@@]4(C)CC[C@@H]3[C@]21C. The van der Waals surface area contributed by atoms with Crippen molar-refractivity contribution in [3.63, 3.8) is 0 Å². The van der Waals surface area contributed by atoms with Crippen molar-refractivity contribution < 1.29 is 104 Å². The van der Waals surface area contributed by atoms with Gasteiger partial charge >= 0.3 is 5.97 Å². The van der Waals surface area contributed by atoms with Crippen molar-refractivity contribution in [3.8, 4) is 0 Å². The molecule has 3 saturated carbocycles. The summed E-state index contributed by atoms with van der Waals surface area (Å²) in [6, 6.07) is 0. The number of hydrogen-bond donors (Lipinski definition) is 11. The highest BCUT2D eigenvalue weighted by Crippen LogP contribution is 2.71. The van der Waals surface area contributed by atoms with Gasteiger partial charge in [0.25, 0.3) is 0 Å². The van der Waals surface area contributed by atoms with Crippen LogP contribution in [0, 0.1) is 46.3 Å². The van der Waals surface area contributed by atoms with Gasteiger partial charge in [0.15, 0.2) is 24.7 Å². The second-order valence-electron chi connectivity index (χ2n) is 21.9. The van der Waals surface area contributed by atoms with Crippen LogP contribution in [0.25, 0.3) is 0 Å². The first-order valence-electron chi connectivity index (χ1n) is 24.6. The zero-order chi connectivity index (χ0) is 49.1. The molecule has 5 saturated heterocycles. The minimum atomic E-state index is -1.90. The fraction of sp³-hybridized carbons (Fsp3) is 0.936. The van der Waals surface area contributed by atoms with Crippen LogP contribution in [0.3, 0.4) is 0 Å². The van der Waals surface area contributed by atoms with Crippen LogP contribution in [0.5, 0.6) is 0 Å². The monoisotopic (exact) mass is 974 g/mol. The fourth-order valence-corrected chi connectivity index (χ4v) is 14.6. The third-order valence-electron chi connectivity index (χ3n) is 18.3. The molecule has 0 radical (unpaired) electrons. The summed E-state index contributed by atoms with van der Waals surface area (Å²) in [5.74, 6) is -1.27.